The standard InChI is InChI=1S/C17H20ClN5O2/c1-11-9-20-23(10-12-5-2-3-6-13(12)18)15(11)22-17(25)21-14-7-4-8-19-16(14)24/h2-3,5-6,9,14H,4,7-8,10H2,1H3,(H,19,24)(H2,21,22,25)/t14-/m1/s1. The number of amides is 3. The van der Waals surface area contributed by atoms with Gasteiger partial charge in [-0.3, -0.25) is 10.1 Å². The summed E-state index contributed by atoms with van der Waals surface area (Å²) >= 11 is 6.20. The molecule has 2 heterocycles. The summed E-state index contributed by atoms with van der Waals surface area (Å²) in [6.07, 6.45) is 3.16. The van der Waals surface area contributed by atoms with Crippen LogP contribution in [-0.2, 0) is 11.3 Å². The third kappa shape index (κ3) is 4.11. The summed E-state index contributed by atoms with van der Waals surface area (Å²) in [4.78, 5) is 24.0. The highest BCUT2D eigenvalue weighted by atomic mass is 35.5. The molecule has 8 heteroatoms. The second-order valence-electron chi connectivity index (χ2n) is 6.01. The molecular formula is C17H20ClN5O2. The summed E-state index contributed by atoms with van der Waals surface area (Å²) in [5.74, 6) is 0.427. The van der Waals surface area contributed by atoms with Gasteiger partial charge in [-0.15, -0.1) is 0 Å². The molecule has 7 nitrogen and oxygen atoms in total. The number of hydrogen-bond donors (Lipinski definition) is 3. The molecule has 3 rings (SSSR count). The van der Waals surface area contributed by atoms with Crippen molar-refractivity contribution in [1.82, 2.24) is 20.4 Å². The minimum atomic E-state index is -0.506. The van der Waals surface area contributed by atoms with Crippen molar-refractivity contribution in [3.8, 4) is 0 Å². The van der Waals surface area contributed by atoms with E-state index in [1.54, 1.807) is 10.9 Å². The van der Waals surface area contributed by atoms with Crippen molar-refractivity contribution in [2.24, 2.45) is 0 Å². The molecule has 0 unspecified atom stereocenters. The maximum atomic E-state index is 12.3. The highest BCUT2D eigenvalue weighted by Gasteiger charge is 2.24. The number of carbonyl (C=O) groups excluding carboxylic acids is 2. The average Bonchev–Trinajstić information content (AvgIpc) is 2.92. The molecule has 3 amide bonds. The Morgan fingerprint density at radius 1 is 1.44 bits per heavy atom. The van der Waals surface area contributed by atoms with Gasteiger partial charge in [-0.1, -0.05) is 29.8 Å². The smallest absolute Gasteiger partial charge is 0.321 e. The number of piperidine rings is 1. The van der Waals surface area contributed by atoms with Crippen LogP contribution in [0.3, 0.4) is 0 Å². The molecule has 0 aliphatic carbocycles. The maximum absolute atomic E-state index is 12.3. The molecule has 0 spiro atoms. The lowest BCUT2D eigenvalue weighted by Crippen LogP contribution is -2.51. The number of benzene rings is 1. The van der Waals surface area contributed by atoms with E-state index < -0.39 is 12.1 Å². The van der Waals surface area contributed by atoms with E-state index in [1.807, 2.05) is 31.2 Å². The number of nitrogens with zero attached hydrogens (tertiary/aromatic N) is 2. The molecule has 0 saturated carbocycles. The van der Waals surface area contributed by atoms with Gasteiger partial charge in [-0.2, -0.15) is 5.10 Å². The lowest BCUT2D eigenvalue weighted by atomic mass is 10.1. The Balaban J connectivity index is 1.70. The molecule has 3 N–H and O–H groups in total. The number of nitrogens with one attached hydrogen (secondary N) is 3. The number of hydrogen-bond acceptors (Lipinski definition) is 3. The van der Waals surface area contributed by atoms with Crippen molar-refractivity contribution in [2.45, 2.75) is 32.4 Å². The van der Waals surface area contributed by atoms with Gasteiger partial charge in [0.05, 0.1) is 12.7 Å². The highest BCUT2D eigenvalue weighted by molar-refractivity contribution is 6.31. The molecule has 2 aromatic rings. The van der Waals surface area contributed by atoms with Gasteiger partial charge in [0, 0.05) is 17.1 Å². The largest absolute Gasteiger partial charge is 0.354 e. The van der Waals surface area contributed by atoms with E-state index >= 15 is 0 Å². The van der Waals surface area contributed by atoms with Gasteiger partial charge in [0.2, 0.25) is 5.91 Å². The van der Waals surface area contributed by atoms with Crippen LogP contribution in [0.4, 0.5) is 10.6 Å². The fourth-order valence-corrected chi connectivity index (χ4v) is 2.96. The first-order valence-corrected chi connectivity index (χ1v) is 8.53. The topological polar surface area (TPSA) is 88.1 Å². The summed E-state index contributed by atoms with van der Waals surface area (Å²) < 4.78 is 1.68. The lowest BCUT2D eigenvalue weighted by Gasteiger charge is -2.23. The second-order valence-corrected chi connectivity index (χ2v) is 6.42. The van der Waals surface area contributed by atoms with Crippen LogP contribution in [0.15, 0.2) is 30.5 Å². The Hall–Kier alpha value is -2.54. The van der Waals surface area contributed by atoms with Gasteiger partial charge in [0.15, 0.2) is 0 Å². The van der Waals surface area contributed by atoms with Crippen molar-refractivity contribution >= 4 is 29.4 Å². The quantitative estimate of drug-likeness (QED) is 0.780. The van der Waals surface area contributed by atoms with Gasteiger partial charge in [-0.05, 0) is 31.4 Å². The Bertz CT molecular complexity index is 789. The third-order valence-electron chi connectivity index (χ3n) is 4.12. The molecule has 1 fully saturated rings. The molecule has 1 aromatic carbocycles. The zero-order valence-corrected chi connectivity index (χ0v) is 14.6. The zero-order valence-electron chi connectivity index (χ0n) is 13.9. The predicted octanol–water partition coefficient (Wildman–Crippen LogP) is 2.29. The minimum absolute atomic E-state index is 0.150. The van der Waals surface area contributed by atoms with Crippen LogP contribution in [-0.4, -0.2) is 34.3 Å². The van der Waals surface area contributed by atoms with Crippen molar-refractivity contribution in [1.29, 1.82) is 0 Å². The average molecular weight is 362 g/mol. The van der Waals surface area contributed by atoms with Gasteiger partial charge in [0.25, 0.3) is 0 Å². The molecule has 1 aromatic heterocycles. The fourth-order valence-electron chi connectivity index (χ4n) is 2.76. The monoisotopic (exact) mass is 361 g/mol. The molecule has 1 aliphatic heterocycles. The molecule has 0 bridgehead atoms. The predicted molar refractivity (Wildman–Crippen MR) is 95.7 cm³/mol. The van der Waals surface area contributed by atoms with E-state index in [0.29, 0.717) is 30.4 Å². The molecule has 1 aliphatic rings. The SMILES string of the molecule is Cc1cnn(Cc2ccccc2Cl)c1NC(=O)N[C@@H]1CCCNC1=O. The lowest BCUT2D eigenvalue weighted by molar-refractivity contribution is -0.124. The minimum Gasteiger partial charge on any atom is -0.354 e. The van der Waals surface area contributed by atoms with Gasteiger partial charge in [0.1, 0.15) is 11.9 Å². The number of carbonyl (C=O) groups is 2. The Morgan fingerprint density at radius 2 is 2.24 bits per heavy atom. The Morgan fingerprint density at radius 3 is 3.00 bits per heavy atom. The summed E-state index contributed by atoms with van der Waals surface area (Å²) in [5.41, 5.74) is 1.73. The van der Waals surface area contributed by atoms with Crippen molar-refractivity contribution in [3.05, 3.63) is 46.6 Å². The van der Waals surface area contributed by atoms with E-state index in [1.165, 1.54) is 0 Å². The van der Waals surface area contributed by atoms with E-state index in [9.17, 15) is 9.59 Å². The number of aromatic nitrogens is 2. The van der Waals surface area contributed by atoms with Crippen LogP contribution in [0.2, 0.25) is 5.02 Å². The number of aryl methyl sites for hydroxylation is 1. The summed E-state index contributed by atoms with van der Waals surface area (Å²) in [7, 11) is 0. The van der Waals surface area contributed by atoms with Crippen LogP contribution in [0, 0.1) is 6.92 Å². The van der Waals surface area contributed by atoms with Crippen molar-refractivity contribution in [3.63, 3.8) is 0 Å². The normalized spacial score (nSPS) is 17.0. The van der Waals surface area contributed by atoms with Crippen LogP contribution in [0.5, 0.6) is 0 Å². The maximum Gasteiger partial charge on any atom is 0.321 e. The van der Waals surface area contributed by atoms with Crippen LogP contribution in [0.25, 0.3) is 0 Å². The van der Waals surface area contributed by atoms with E-state index in [4.69, 9.17) is 11.6 Å². The zero-order chi connectivity index (χ0) is 17.8. The Kier molecular flexibility index (Phi) is 5.23. The summed E-state index contributed by atoms with van der Waals surface area (Å²) in [6, 6.07) is 6.56. The first-order chi connectivity index (χ1) is 12.0. The van der Waals surface area contributed by atoms with E-state index in [0.717, 1.165) is 17.5 Å². The number of halogens is 1. The van der Waals surface area contributed by atoms with E-state index in [-0.39, 0.29) is 5.91 Å². The number of anilines is 1. The van der Waals surface area contributed by atoms with Crippen LogP contribution >= 0.6 is 11.6 Å². The molecular weight excluding hydrogens is 342 g/mol. The van der Waals surface area contributed by atoms with Gasteiger partial charge in [-0.25, -0.2) is 9.48 Å². The summed E-state index contributed by atoms with van der Waals surface area (Å²) in [5, 5.41) is 13.2. The fraction of sp³-hybridized carbons (Fsp3) is 0.353. The van der Waals surface area contributed by atoms with Crippen molar-refractivity contribution < 1.29 is 9.59 Å². The first-order valence-electron chi connectivity index (χ1n) is 8.15. The second kappa shape index (κ2) is 7.57. The van der Waals surface area contributed by atoms with Crippen LogP contribution < -0.4 is 16.0 Å². The Labute approximate surface area is 150 Å². The molecule has 1 atom stereocenters. The number of urea groups is 1. The molecule has 1 saturated heterocycles. The molecule has 25 heavy (non-hydrogen) atoms. The third-order valence-corrected chi connectivity index (χ3v) is 4.49. The van der Waals surface area contributed by atoms with Gasteiger partial charge >= 0.3 is 6.03 Å². The van der Waals surface area contributed by atoms with Crippen LogP contribution in [0.1, 0.15) is 24.0 Å². The highest BCUT2D eigenvalue weighted by Crippen LogP contribution is 2.20. The van der Waals surface area contributed by atoms with E-state index in [2.05, 4.69) is 21.0 Å². The molecule has 132 valence electrons. The number of rotatable bonds is 4. The van der Waals surface area contributed by atoms with Crippen molar-refractivity contribution in [2.75, 3.05) is 11.9 Å². The van der Waals surface area contributed by atoms with Gasteiger partial charge < -0.3 is 10.6 Å². The molecule has 0 radical (unpaired) electrons. The summed E-state index contributed by atoms with van der Waals surface area (Å²) in [6.45, 7) is 2.95. The first kappa shape index (κ1) is 17.3.